The van der Waals surface area contributed by atoms with Crippen molar-refractivity contribution in [3.63, 3.8) is 0 Å². The van der Waals surface area contributed by atoms with Crippen molar-refractivity contribution >= 4 is 11.6 Å². The standard InChI is InChI=1S/C13H20ClN3O/c1-11(13-10-12(14)2-3-16-13)15-4-5-17-6-8-18-9-7-17/h2-3,10-11,15H,4-9H2,1H3. The van der Waals surface area contributed by atoms with Gasteiger partial charge in [-0.05, 0) is 19.1 Å². The molecule has 1 aliphatic heterocycles. The molecule has 5 heteroatoms. The summed E-state index contributed by atoms with van der Waals surface area (Å²) in [7, 11) is 0. The van der Waals surface area contributed by atoms with Gasteiger partial charge in [0.15, 0.2) is 0 Å². The summed E-state index contributed by atoms with van der Waals surface area (Å²) >= 11 is 5.95. The summed E-state index contributed by atoms with van der Waals surface area (Å²) in [5, 5.41) is 4.21. The molecule has 100 valence electrons. The molecule has 1 saturated heterocycles. The fourth-order valence-corrected chi connectivity index (χ4v) is 2.19. The molecule has 1 aliphatic rings. The van der Waals surface area contributed by atoms with E-state index in [1.165, 1.54) is 0 Å². The molecule has 0 amide bonds. The Kier molecular flexibility index (Phi) is 5.38. The molecular weight excluding hydrogens is 250 g/mol. The summed E-state index contributed by atoms with van der Waals surface area (Å²) in [6.07, 6.45) is 1.75. The second kappa shape index (κ2) is 7.04. The number of aromatic nitrogens is 1. The number of hydrogen-bond donors (Lipinski definition) is 1. The van der Waals surface area contributed by atoms with Crippen LogP contribution in [-0.2, 0) is 4.74 Å². The third-order valence-corrected chi connectivity index (χ3v) is 3.40. The number of ether oxygens (including phenoxy) is 1. The Morgan fingerprint density at radius 1 is 1.50 bits per heavy atom. The molecular formula is C13H20ClN3O. The molecule has 0 aliphatic carbocycles. The van der Waals surface area contributed by atoms with E-state index in [1.807, 2.05) is 6.07 Å². The maximum absolute atomic E-state index is 5.95. The van der Waals surface area contributed by atoms with E-state index < -0.39 is 0 Å². The van der Waals surface area contributed by atoms with Gasteiger partial charge in [0.25, 0.3) is 0 Å². The van der Waals surface area contributed by atoms with Gasteiger partial charge < -0.3 is 10.1 Å². The summed E-state index contributed by atoms with van der Waals surface area (Å²) in [6, 6.07) is 3.93. The summed E-state index contributed by atoms with van der Waals surface area (Å²) in [6.45, 7) is 7.88. The maximum Gasteiger partial charge on any atom is 0.0594 e. The minimum atomic E-state index is 0.227. The van der Waals surface area contributed by atoms with Gasteiger partial charge >= 0.3 is 0 Å². The van der Waals surface area contributed by atoms with Crippen LogP contribution in [0.3, 0.4) is 0 Å². The van der Waals surface area contributed by atoms with E-state index in [9.17, 15) is 0 Å². The van der Waals surface area contributed by atoms with Crippen LogP contribution in [0.2, 0.25) is 5.02 Å². The molecule has 0 bridgehead atoms. The minimum Gasteiger partial charge on any atom is -0.379 e. The van der Waals surface area contributed by atoms with E-state index in [0.29, 0.717) is 0 Å². The van der Waals surface area contributed by atoms with Gasteiger partial charge in [-0.3, -0.25) is 9.88 Å². The molecule has 0 spiro atoms. The average Bonchev–Trinajstić information content (AvgIpc) is 2.40. The minimum absolute atomic E-state index is 0.227. The second-order valence-electron chi connectivity index (χ2n) is 4.53. The smallest absolute Gasteiger partial charge is 0.0594 e. The zero-order chi connectivity index (χ0) is 12.8. The predicted molar refractivity (Wildman–Crippen MR) is 72.9 cm³/mol. The van der Waals surface area contributed by atoms with Gasteiger partial charge in [0.05, 0.1) is 18.9 Å². The lowest BCUT2D eigenvalue weighted by Crippen LogP contribution is -2.40. The van der Waals surface area contributed by atoms with Crippen LogP contribution in [0.25, 0.3) is 0 Å². The van der Waals surface area contributed by atoms with Gasteiger partial charge in [-0.2, -0.15) is 0 Å². The van der Waals surface area contributed by atoms with Crippen LogP contribution in [0.1, 0.15) is 18.7 Å². The molecule has 1 aromatic heterocycles. The van der Waals surface area contributed by atoms with Crippen LogP contribution in [-0.4, -0.2) is 49.3 Å². The number of morpholine rings is 1. The van der Waals surface area contributed by atoms with E-state index >= 15 is 0 Å². The largest absolute Gasteiger partial charge is 0.379 e. The topological polar surface area (TPSA) is 37.4 Å². The molecule has 1 atom stereocenters. The summed E-state index contributed by atoms with van der Waals surface area (Å²) in [4.78, 5) is 6.74. The van der Waals surface area contributed by atoms with Crippen LogP contribution < -0.4 is 5.32 Å². The van der Waals surface area contributed by atoms with Crippen LogP contribution in [0.5, 0.6) is 0 Å². The number of nitrogens with zero attached hydrogens (tertiary/aromatic N) is 2. The number of rotatable bonds is 5. The normalized spacial score (nSPS) is 18.8. The van der Waals surface area contributed by atoms with Crippen LogP contribution in [0.15, 0.2) is 18.3 Å². The first kappa shape index (κ1) is 13.7. The van der Waals surface area contributed by atoms with E-state index in [4.69, 9.17) is 16.3 Å². The number of pyridine rings is 1. The number of nitrogens with one attached hydrogen (secondary N) is 1. The lowest BCUT2D eigenvalue weighted by molar-refractivity contribution is 0.0382. The molecule has 4 nitrogen and oxygen atoms in total. The number of halogens is 1. The fraction of sp³-hybridized carbons (Fsp3) is 0.615. The monoisotopic (exact) mass is 269 g/mol. The van der Waals surface area contributed by atoms with Gasteiger partial charge in [-0.25, -0.2) is 0 Å². The van der Waals surface area contributed by atoms with Gasteiger partial charge in [-0.15, -0.1) is 0 Å². The maximum atomic E-state index is 5.95. The van der Waals surface area contributed by atoms with Crippen molar-refractivity contribution in [2.75, 3.05) is 39.4 Å². The highest BCUT2D eigenvalue weighted by atomic mass is 35.5. The van der Waals surface area contributed by atoms with E-state index in [2.05, 4.69) is 22.1 Å². The summed E-state index contributed by atoms with van der Waals surface area (Å²) in [5.74, 6) is 0. The first-order valence-corrected chi connectivity index (χ1v) is 6.78. The van der Waals surface area contributed by atoms with Crippen molar-refractivity contribution in [1.82, 2.24) is 15.2 Å². The molecule has 1 N–H and O–H groups in total. The van der Waals surface area contributed by atoms with E-state index in [-0.39, 0.29) is 6.04 Å². The molecule has 18 heavy (non-hydrogen) atoms. The van der Waals surface area contributed by atoms with Crippen LogP contribution >= 0.6 is 11.6 Å². The average molecular weight is 270 g/mol. The molecule has 1 aromatic rings. The molecule has 1 fully saturated rings. The van der Waals surface area contributed by atoms with Gasteiger partial charge in [-0.1, -0.05) is 11.6 Å². The first-order chi connectivity index (χ1) is 8.75. The Balaban J connectivity index is 1.72. The molecule has 0 aromatic carbocycles. The Hall–Kier alpha value is -0.680. The Morgan fingerprint density at radius 2 is 2.28 bits per heavy atom. The predicted octanol–water partition coefficient (Wildman–Crippen LogP) is 1.72. The number of hydrogen-bond acceptors (Lipinski definition) is 4. The summed E-state index contributed by atoms with van der Waals surface area (Å²) in [5.41, 5.74) is 0.990. The van der Waals surface area contributed by atoms with Gasteiger partial charge in [0, 0.05) is 43.4 Å². The Morgan fingerprint density at radius 3 is 3.00 bits per heavy atom. The molecule has 0 radical (unpaired) electrons. The fourth-order valence-electron chi connectivity index (χ4n) is 2.03. The lowest BCUT2D eigenvalue weighted by atomic mass is 10.2. The lowest BCUT2D eigenvalue weighted by Gasteiger charge is -2.27. The van der Waals surface area contributed by atoms with Gasteiger partial charge in [0.1, 0.15) is 0 Å². The van der Waals surface area contributed by atoms with Crippen LogP contribution in [0, 0.1) is 0 Å². The second-order valence-corrected chi connectivity index (χ2v) is 4.97. The zero-order valence-corrected chi connectivity index (χ0v) is 11.5. The Labute approximate surface area is 113 Å². The highest BCUT2D eigenvalue weighted by Crippen LogP contribution is 2.14. The highest BCUT2D eigenvalue weighted by Gasteiger charge is 2.11. The van der Waals surface area contributed by atoms with E-state index in [1.54, 1.807) is 12.3 Å². The molecule has 2 heterocycles. The molecule has 0 saturated carbocycles. The first-order valence-electron chi connectivity index (χ1n) is 6.40. The third-order valence-electron chi connectivity index (χ3n) is 3.17. The highest BCUT2D eigenvalue weighted by molar-refractivity contribution is 6.30. The van der Waals surface area contributed by atoms with Crippen molar-refractivity contribution in [3.8, 4) is 0 Å². The van der Waals surface area contributed by atoms with Crippen molar-refractivity contribution in [1.29, 1.82) is 0 Å². The Bertz CT molecular complexity index is 369. The van der Waals surface area contributed by atoms with Crippen LogP contribution in [0.4, 0.5) is 0 Å². The SMILES string of the molecule is CC(NCCN1CCOCC1)c1cc(Cl)ccn1. The van der Waals surface area contributed by atoms with Gasteiger partial charge in [0.2, 0.25) is 0 Å². The quantitative estimate of drug-likeness (QED) is 0.883. The van der Waals surface area contributed by atoms with Crippen molar-refractivity contribution < 1.29 is 4.74 Å². The zero-order valence-electron chi connectivity index (χ0n) is 10.7. The molecule has 1 unspecified atom stereocenters. The third kappa shape index (κ3) is 4.21. The summed E-state index contributed by atoms with van der Waals surface area (Å²) < 4.78 is 5.32. The van der Waals surface area contributed by atoms with Crippen molar-refractivity contribution in [2.24, 2.45) is 0 Å². The van der Waals surface area contributed by atoms with E-state index in [0.717, 1.165) is 50.1 Å². The molecule has 2 rings (SSSR count). The van der Waals surface area contributed by atoms with Crippen molar-refractivity contribution in [3.05, 3.63) is 29.0 Å². The van der Waals surface area contributed by atoms with Crippen molar-refractivity contribution in [2.45, 2.75) is 13.0 Å².